The fourth-order valence-corrected chi connectivity index (χ4v) is 1.27. The van der Waals surface area contributed by atoms with Crippen molar-refractivity contribution in [3.05, 3.63) is 35.4 Å². The molecule has 0 aliphatic rings. The van der Waals surface area contributed by atoms with E-state index in [-0.39, 0.29) is 0 Å². The largest absolute Gasteiger partial charge is 0.459 e. The van der Waals surface area contributed by atoms with Crippen molar-refractivity contribution in [1.29, 1.82) is 5.26 Å². The van der Waals surface area contributed by atoms with Crippen molar-refractivity contribution in [3.63, 3.8) is 0 Å². The van der Waals surface area contributed by atoms with E-state index < -0.39 is 17.6 Å². The number of hydrogen-bond acceptors (Lipinski definition) is 4. The molecule has 4 nitrogen and oxygen atoms in total. The summed E-state index contributed by atoms with van der Waals surface area (Å²) in [7, 11) is 0. The molecule has 0 spiro atoms. The molecule has 1 rings (SSSR count). The van der Waals surface area contributed by atoms with Crippen molar-refractivity contribution in [1.82, 2.24) is 0 Å². The highest BCUT2D eigenvalue weighted by molar-refractivity contribution is 5.77. The van der Waals surface area contributed by atoms with Crippen LogP contribution in [0.3, 0.4) is 0 Å². The molecule has 1 aromatic carbocycles. The van der Waals surface area contributed by atoms with Gasteiger partial charge in [0.25, 0.3) is 0 Å². The first-order valence-corrected chi connectivity index (χ1v) is 5.32. The van der Waals surface area contributed by atoms with Crippen LogP contribution >= 0.6 is 0 Å². The van der Waals surface area contributed by atoms with Crippen molar-refractivity contribution in [3.8, 4) is 6.07 Å². The lowest BCUT2D eigenvalue weighted by Gasteiger charge is -2.22. The molecular weight excluding hydrogens is 216 g/mol. The maximum atomic E-state index is 11.7. The third kappa shape index (κ3) is 3.89. The van der Waals surface area contributed by atoms with Gasteiger partial charge in [0.05, 0.1) is 11.6 Å². The zero-order chi connectivity index (χ0) is 13.1. The molecule has 2 N–H and O–H groups in total. The Morgan fingerprint density at radius 3 is 2.29 bits per heavy atom. The maximum Gasteiger partial charge on any atom is 0.328 e. The second kappa shape index (κ2) is 4.98. The predicted octanol–water partition coefficient (Wildman–Crippen LogP) is 1.90. The zero-order valence-electron chi connectivity index (χ0n) is 10.2. The summed E-state index contributed by atoms with van der Waals surface area (Å²) in [6.45, 7) is 5.36. The first-order valence-electron chi connectivity index (χ1n) is 5.32. The van der Waals surface area contributed by atoms with Crippen molar-refractivity contribution in [2.24, 2.45) is 5.73 Å². The van der Waals surface area contributed by atoms with Crippen LogP contribution in [0.15, 0.2) is 24.3 Å². The summed E-state index contributed by atoms with van der Waals surface area (Å²) in [5.41, 5.74) is 6.40. The third-order valence-electron chi connectivity index (χ3n) is 2.06. The van der Waals surface area contributed by atoms with Crippen LogP contribution in [0.1, 0.15) is 37.9 Å². The average Bonchev–Trinajstić information content (AvgIpc) is 2.26. The van der Waals surface area contributed by atoms with E-state index >= 15 is 0 Å². The second-order valence-corrected chi connectivity index (χ2v) is 4.74. The molecule has 0 aromatic heterocycles. The summed E-state index contributed by atoms with van der Waals surface area (Å²) in [6, 6.07) is 7.75. The Morgan fingerprint density at radius 2 is 1.88 bits per heavy atom. The van der Waals surface area contributed by atoms with Gasteiger partial charge >= 0.3 is 5.97 Å². The van der Waals surface area contributed by atoms with E-state index in [1.54, 1.807) is 45.0 Å². The number of rotatable bonds is 2. The number of esters is 1. The first-order chi connectivity index (χ1) is 7.83. The van der Waals surface area contributed by atoms with Gasteiger partial charge in [0.2, 0.25) is 0 Å². The van der Waals surface area contributed by atoms with Gasteiger partial charge in [0.1, 0.15) is 11.6 Å². The Bertz CT molecular complexity index is 438. The Hall–Kier alpha value is -1.86. The quantitative estimate of drug-likeness (QED) is 0.790. The van der Waals surface area contributed by atoms with Crippen LogP contribution in [0.25, 0.3) is 0 Å². The Balaban J connectivity index is 2.79. The van der Waals surface area contributed by atoms with E-state index in [1.165, 1.54) is 0 Å². The maximum absolute atomic E-state index is 11.7. The van der Waals surface area contributed by atoms with Crippen molar-refractivity contribution in [2.75, 3.05) is 0 Å². The average molecular weight is 232 g/mol. The van der Waals surface area contributed by atoms with Crippen LogP contribution in [-0.2, 0) is 9.53 Å². The van der Waals surface area contributed by atoms with Gasteiger partial charge in [-0.25, -0.2) is 4.79 Å². The molecule has 0 bridgehead atoms. The van der Waals surface area contributed by atoms with Crippen LogP contribution in [0, 0.1) is 11.3 Å². The highest BCUT2D eigenvalue weighted by atomic mass is 16.6. The Kier molecular flexibility index (Phi) is 3.87. The van der Waals surface area contributed by atoms with Crippen molar-refractivity contribution in [2.45, 2.75) is 32.4 Å². The molecule has 17 heavy (non-hydrogen) atoms. The van der Waals surface area contributed by atoms with Crippen LogP contribution in [-0.4, -0.2) is 11.6 Å². The lowest BCUT2D eigenvalue weighted by Crippen LogP contribution is -2.31. The van der Waals surface area contributed by atoms with E-state index in [0.717, 1.165) is 0 Å². The Labute approximate surface area is 101 Å². The minimum Gasteiger partial charge on any atom is -0.459 e. The molecule has 0 radical (unpaired) electrons. The zero-order valence-corrected chi connectivity index (χ0v) is 10.2. The molecule has 0 aliphatic heterocycles. The molecule has 0 fully saturated rings. The fourth-order valence-electron chi connectivity index (χ4n) is 1.27. The Morgan fingerprint density at radius 1 is 1.35 bits per heavy atom. The highest BCUT2D eigenvalue weighted by Crippen LogP contribution is 2.16. The van der Waals surface area contributed by atoms with Gasteiger partial charge in [-0.3, -0.25) is 0 Å². The van der Waals surface area contributed by atoms with E-state index in [4.69, 9.17) is 15.7 Å². The number of nitrogens with two attached hydrogens (primary N) is 1. The standard InChI is InChI=1S/C13H16N2O2/c1-13(2,3)17-12(16)11(15)10-6-4-9(8-14)5-7-10/h4-7,11H,15H2,1-3H3. The SMILES string of the molecule is CC(C)(C)OC(=O)C(N)c1ccc(C#N)cc1. The fraction of sp³-hybridized carbons (Fsp3) is 0.385. The topological polar surface area (TPSA) is 76.1 Å². The molecule has 0 aliphatic carbocycles. The summed E-state index contributed by atoms with van der Waals surface area (Å²) in [4.78, 5) is 11.7. The molecular formula is C13H16N2O2. The molecule has 0 saturated heterocycles. The normalized spacial score (nSPS) is 12.6. The molecule has 1 aromatic rings. The first kappa shape index (κ1) is 13.2. The minimum atomic E-state index is -0.818. The second-order valence-electron chi connectivity index (χ2n) is 4.74. The van der Waals surface area contributed by atoms with Gasteiger partial charge < -0.3 is 10.5 Å². The molecule has 1 unspecified atom stereocenters. The highest BCUT2D eigenvalue weighted by Gasteiger charge is 2.23. The number of hydrogen-bond donors (Lipinski definition) is 1. The number of ether oxygens (including phenoxy) is 1. The molecule has 0 saturated carbocycles. The third-order valence-corrected chi connectivity index (χ3v) is 2.06. The van der Waals surface area contributed by atoms with Crippen LogP contribution in [0.5, 0.6) is 0 Å². The number of carbonyl (C=O) groups excluding carboxylic acids is 1. The number of carbonyl (C=O) groups is 1. The van der Waals surface area contributed by atoms with E-state index in [1.807, 2.05) is 6.07 Å². The van der Waals surface area contributed by atoms with E-state index in [0.29, 0.717) is 11.1 Å². The van der Waals surface area contributed by atoms with Crippen molar-refractivity contribution >= 4 is 5.97 Å². The predicted molar refractivity (Wildman–Crippen MR) is 63.9 cm³/mol. The molecule has 4 heteroatoms. The van der Waals surface area contributed by atoms with Gasteiger partial charge in [-0.1, -0.05) is 12.1 Å². The minimum absolute atomic E-state index is 0.470. The van der Waals surface area contributed by atoms with Crippen molar-refractivity contribution < 1.29 is 9.53 Å². The van der Waals surface area contributed by atoms with Crippen LogP contribution in [0.2, 0.25) is 0 Å². The summed E-state index contributed by atoms with van der Waals surface area (Å²) >= 11 is 0. The smallest absolute Gasteiger partial charge is 0.328 e. The lowest BCUT2D eigenvalue weighted by molar-refractivity contribution is -0.156. The number of nitriles is 1. The molecule has 1 atom stereocenters. The summed E-state index contributed by atoms with van der Waals surface area (Å²) < 4.78 is 5.18. The van der Waals surface area contributed by atoms with Gasteiger partial charge in [0.15, 0.2) is 0 Å². The number of nitrogens with zero attached hydrogens (tertiary/aromatic N) is 1. The van der Waals surface area contributed by atoms with Gasteiger partial charge in [-0.15, -0.1) is 0 Å². The number of benzene rings is 1. The molecule has 0 amide bonds. The van der Waals surface area contributed by atoms with Gasteiger partial charge in [-0.05, 0) is 38.5 Å². The van der Waals surface area contributed by atoms with E-state index in [2.05, 4.69) is 0 Å². The summed E-state index contributed by atoms with van der Waals surface area (Å²) in [6.07, 6.45) is 0. The summed E-state index contributed by atoms with van der Waals surface area (Å²) in [5.74, 6) is -0.470. The van der Waals surface area contributed by atoms with Crippen LogP contribution < -0.4 is 5.73 Å². The van der Waals surface area contributed by atoms with Gasteiger partial charge in [0, 0.05) is 0 Å². The summed E-state index contributed by atoms with van der Waals surface area (Å²) in [5, 5.41) is 8.66. The molecule has 0 heterocycles. The van der Waals surface area contributed by atoms with E-state index in [9.17, 15) is 4.79 Å². The lowest BCUT2D eigenvalue weighted by atomic mass is 10.1. The molecule has 90 valence electrons. The van der Waals surface area contributed by atoms with Crippen LogP contribution in [0.4, 0.5) is 0 Å². The monoisotopic (exact) mass is 232 g/mol. The van der Waals surface area contributed by atoms with Gasteiger partial charge in [-0.2, -0.15) is 5.26 Å².